The van der Waals surface area contributed by atoms with Crippen LogP contribution in [0.15, 0.2) is 24.3 Å². The first kappa shape index (κ1) is 15.0. The summed E-state index contributed by atoms with van der Waals surface area (Å²) in [4.78, 5) is 16.5. The second-order valence-corrected chi connectivity index (χ2v) is 7.00. The molecular formula is C17H24N2O3. The topological polar surface area (TPSA) is 42.0 Å². The number of para-hydroxylation sites is 2. The van der Waals surface area contributed by atoms with Gasteiger partial charge in [-0.25, -0.2) is 4.79 Å². The summed E-state index contributed by atoms with van der Waals surface area (Å²) in [7, 11) is 1.69. The fourth-order valence-electron chi connectivity index (χ4n) is 3.37. The average Bonchev–Trinajstić information content (AvgIpc) is 3.05. The van der Waals surface area contributed by atoms with Gasteiger partial charge >= 0.3 is 6.09 Å². The number of amides is 1. The summed E-state index contributed by atoms with van der Waals surface area (Å²) in [5, 5.41) is 0. The number of fused-ring (bicyclic) bond motifs is 2. The Morgan fingerprint density at radius 2 is 1.91 bits per heavy atom. The molecule has 5 nitrogen and oxygen atoms in total. The number of likely N-dealkylation sites (tertiary alicyclic amines) is 1. The first-order valence-electron chi connectivity index (χ1n) is 7.78. The van der Waals surface area contributed by atoms with Crippen molar-refractivity contribution in [3.05, 3.63) is 24.3 Å². The number of carbonyl (C=O) groups is 1. The quantitative estimate of drug-likeness (QED) is 0.842. The van der Waals surface area contributed by atoms with E-state index in [9.17, 15) is 4.79 Å². The fourth-order valence-corrected chi connectivity index (χ4v) is 3.37. The van der Waals surface area contributed by atoms with Gasteiger partial charge < -0.3 is 19.3 Å². The molecule has 2 aliphatic rings. The van der Waals surface area contributed by atoms with Crippen molar-refractivity contribution in [1.29, 1.82) is 0 Å². The summed E-state index contributed by atoms with van der Waals surface area (Å²) >= 11 is 0. The first-order valence-corrected chi connectivity index (χ1v) is 7.78. The Kier molecular flexibility index (Phi) is 3.67. The van der Waals surface area contributed by atoms with E-state index in [1.165, 1.54) is 0 Å². The lowest BCUT2D eigenvalue weighted by Gasteiger charge is -2.36. The van der Waals surface area contributed by atoms with Gasteiger partial charge in [0.15, 0.2) is 0 Å². The summed E-state index contributed by atoms with van der Waals surface area (Å²) in [6.45, 7) is 7.27. The van der Waals surface area contributed by atoms with Crippen LogP contribution in [-0.2, 0) is 4.74 Å². The van der Waals surface area contributed by atoms with Crippen LogP contribution in [0, 0.1) is 0 Å². The minimum absolute atomic E-state index is 0.195. The number of benzene rings is 1. The van der Waals surface area contributed by atoms with Gasteiger partial charge in [-0.2, -0.15) is 0 Å². The van der Waals surface area contributed by atoms with Gasteiger partial charge in [0.25, 0.3) is 0 Å². The fraction of sp³-hybridized carbons (Fsp3) is 0.588. The van der Waals surface area contributed by atoms with E-state index < -0.39 is 5.60 Å². The third-order valence-corrected chi connectivity index (χ3v) is 4.26. The first-order chi connectivity index (χ1) is 10.4. The third kappa shape index (κ3) is 2.72. The van der Waals surface area contributed by atoms with E-state index in [1.807, 2.05) is 43.9 Å². The van der Waals surface area contributed by atoms with Crippen molar-refractivity contribution < 1.29 is 14.3 Å². The lowest BCUT2D eigenvalue weighted by Crippen LogP contribution is -2.50. The van der Waals surface area contributed by atoms with Crippen LogP contribution in [0.3, 0.4) is 0 Å². The molecule has 2 heterocycles. The van der Waals surface area contributed by atoms with E-state index >= 15 is 0 Å². The van der Waals surface area contributed by atoms with Crippen LogP contribution in [0.5, 0.6) is 5.75 Å². The number of methoxy groups -OCH3 is 1. The molecule has 22 heavy (non-hydrogen) atoms. The zero-order chi connectivity index (χ0) is 15.9. The second kappa shape index (κ2) is 5.38. The molecule has 2 atom stereocenters. The number of hydrogen-bond acceptors (Lipinski definition) is 4. The van der Waals surface area contributed by atoms with Crippen molar-refractivity contribution >= 4 is 11.8 Å². The minimum Gasteiger partial charge on any atom is -0.495 e. The third-order valence-electron chi connectivity index (χ3n) is 4.26. The zero-order valence-corrected chi connectivity index (χ0v) is 13.7. The van der Waals surface area contributed by atoms with Crippen LogP contribution < -0.4 is 9.64 Å². The van der Waals surface area contributed by atoms with Gasteiger partial charge in [0.2, 0.25) is 0 Å². The predicted molar refractivity (Wildman–Crippen MR) is 85.5 cm³/mol. The molecule has 0 saturated carbocycles. The lowest BCUT2D eigenvalue weighted by atomic mass is 10.2. The molecule has 1 amide bonds. The summed E-state index contributed by atoms with van der Waals surface area (Å²) < 4.78 is 11.0. The van der Waals surface area contributed by atoms with Gasteiger partial charge in [-0.05, 0) is 39.3 Å². The highest BCUT2D eigenvalue weighted by atomic mass is 16.6. The van der Waals surface area contributed by atoms with E-state index in [4.69, 9.17) is 9.47 Å². The summed E-state index contributed by atoms with van der Waals surface area (Å²) in [6.07, 6.45) is 0.803. The number of anilines is 1. The standard InChI is InChI=1S/C17H24N2O3/c1-17(2,3)22-16(20)19-11-12-9-13(19)10-18(12)14-7-5-6-8-15(14)21-4/h5-8,12-13H,9-11H2,1-4H3. The van der Waals surface area contributed by atoms with Crippen molar-refractivity contribution in [3.63, 3.8) is 0 Å². The Hall–Kier alpha value is -1.91. The van der Waals surface area contributed by atoms with Gasteiger partial charge in [0.05, 0.1) is 18.8 Å². The molecule has 0 radical (unpaired) electrons. The molecule has 5 heteroatoms. The van der Waals surface area contributed by atoms with Gasteiger partial charge in [0, 0.05) is 19.1 Å². The second-order valence-electron chi connectivity index (χ2n) is 7.00. The number of piperazine rings is 1. The maximum atomic E-state index is 12.3. The van der Waals surface area contributed by atoms with Crippen LogP contribution >= 0.6 is 0 Å². The predicted octanol–water partition coefficient (Wildman–Crippen LogP) is 2.89. The van der Waals surface area contributed by atoms with Crippen molar-refractivity contribution in [2.24, 2.45) is 0 Å². The SMILES string of the molecule is COc1ccccc1N1CC2CC1CN2C(=O)OC(C)(C)C. The van der Waals surface area contributed by atoms with Crippen LogP contribution in [0.25, 0.3) is 0 Å². The van der Waals surface area contributed by atoms with Crippen LogP contribution in [-0.4, -0.2) is 48.9 Å². The molecule has 120 valence electrons. The highest BCUT2D eigenvalue weighted by molar-refractivity contribution is 5.71. The molecule has 0 aromatic heterocycles. The van der Waals surface area contributed by atoms with E-state index in [0.29, 0.717) is 6.04 Å². The number of nitrogens with zero attached hydrogens (tertiary/aromatic N) is 2. The van der Waals surface area contributed by atoms with Gasteiger partial charge in [0.1, 0.15) is 11.4 Å². The lowest BCUT2D eigenvalue weighted by molar-refractivity contribution is 0.0214. The highest BCUT2D eigenvalue weighted by Crippen LogP contribution is 2.39. The van der Waals surface area contributed by atoms with Crippen molar-refractivity contribution in [2.45, 2.75) is 44.9 Å². The van der Waals surface area contributed by atoms with E-state index in [1.54, 1.807) is 7.11 Å². The Labute approximate surface area is 131 Å². The molecule has 2 saturated heterocycles. The van der Waals surface area contributed by atoms with Crippen molar-refractivity contribution in [2.75, 3.05) is 25.1 Å². The molecule has 0 spiro atoms. The summed E-state index contributed by atoms with van der Waals surface area (Å²) in [5.74, 6) is 0.888. The van der Waals surface area contributed by atoms with Gasteiger partial charge in [-0.1, -0.05) is 12.1 Å². The molecule has 2 unspecified atom stereocenters. The van der Waals surface area contributed by atoms with E-state index in [-0.39, 0.29) is 12.1 Å². The highest BCUT2D eigenvalue weighted by Gasteiger charge is 2.47. The maximum absolute atomic E-state index is 12.3. The number of carbonyl (C=O) groups excluding carboxylic acids is 1. The van der Waals surface area contributed by atoms with Gasteiger partial charge in [-0.15, -0.1) is 0 Å². The minimum atomic E-state index is -0.443. The normalized spacial score (nSPS) is 23.8. The van der Waals surface area contributed by atoms with Crippen LogP contribution in [0.4, 0.5) is 10.5 Å². The number of hydrogen-bond donors (Lipinski definition) is 0. The average molecular weight is 304 g/mol. The number of rotatable bonds is 2. The largest absolute Gasteiger partial charge is 0.495 e. The molecular weight excluding hydrogens is 280 g/mol. The van der Waals surface area contributed by atoms with Gasteiger partial charge in [-0.3, -0.25) is 0 Å². The monoisotopic (exact) mass is 304 g/mol. The van der Waals surface area contributed by atoms with E-state index in [2.05, 4.69) is 11.0 Å². The Bertz CT molecular complexity index is 567. The molecule has 1 aromatic carbocycles. The van der Waals surface area contributed by atoms with E-state index in [0.717, 1.165) is 30.9 Å². The molecule has 2 fully saturated rings. The molecule has 3 rings (SSSR count). The summed E-state index contributed by atoms with van der Waals surface area (Å²) in [6, 6.07) is 8.63. The van der Waals surface area contributed by atoms with Crippen molar-refractivity contribution in [1.82, 2.24) is 4.90 Å². The van der Waals surface area contributed by atoms with Crippen molar-refractivity contribution in [3.8, 4) is 5.75 Å². The molecule has 0 N–H and O–H groups in total. The Morgan fingerprint density at radius 3 is 2.50 bits per heavy atom. The summed E-state index contributed by atoms with van der Waals surface area (Å²) in [5.41, 5.74) is 0.669. The number of ether oxygens (including phenoxy) is 2. The maximum Gasteiger partial charge on any atom is 0.410 e. The Balaban J connectivity index is 1.71. The molecule has 2 aliphatic heterocycles. The smallest absolute Gasteiger partial charge is 0.410 e. The van der Waals surface area contributed by atoms with Crippen LogP contribution in [0.1, 0.15) is 27.2 Å². The molecule has 2 bridgehead atoms. The Morgan fingerprint density at radius 1 is 1.18 bits per heavy atom. The molecule has 0 aliphatic carbocycles. The zero-order valence-electron chi connectivity index (χ0n) is 13.7. The molecule has 1 aromatic rings. The van der Waals surface area contributed by atoms with Crippen LogP contribution in [0.2, 0.25) is 0 Å².